The molecule has 0 spiro atoms. The number of nitrogens with one attached hydrogen (secondary N) is 1. The summed E-state index contributed by atoms with van der Waals surface area (Å²) in [5, 5.41) is 3.14. The van der Waals surface area contributed by atoms with Crippen molar-refractivity contribution >= 4 is 34.9 Å². The van der Waals surface area contributed by atoms with Crippen LogP contribution in [0.3, 0.4) is 0 Å². The maximum atomic E-state index is 12.2. The number of anilines is 2. The van der Waals surface area contributed by atoms with Gasteiger partial charge in [0, 0.05) is 11.0 Å². The Morgan fingerprint density at radius 1 is 1.32 bits per heavy atom. The van der Waals surface area contributed by atoms with Crippen LogP contribution >= 0.6 is 23.5 Å². The van der Waals surface area contributed by atoms with E-state index in [1.54, 1.807) is 19.9 Å². The van der Waals surface area contributed by atoms with Crippen molar-refractivity contribution in [2.75, 3.05) is 37.0 Å². The van der Waals surface area contributed by atoms with Gasteiger partial charge in [0.15, 0.2) is 0 Å². The lowest BCUT2D eigenvalue weighted by atomic mass is 10.3. The molecule has 0 aliphatic carbocycles. The zero-order valence-electron chi connectivity index (χ0n) is 11.2. The number of nitrogens with two attached hydrogens (primary N) is 1. The van der Waals surface area contributed by atoms with Crippen LogP contribution in [0.2, 0.25) is 0 Å². The summed E-state index contributed by atoms with van der Waals surface area (Å²) in [7, 11) is -3.00. The van der Waals surface area contributed by atoms with E-state index in [1.165, 1.54) is 0 Å². The maximum absolute atomic E-state index is 12.2. The van der Waals surface area contributed by atoms with E-state index in [1.807, 2.05) is 12.1 Å². The molecular weight excluding hydrogens is 331 g/mol. The normalized spacial score (nSPS) is 11.5. The Hall–Kier alpha value is -0.550. The van der Waals surface area contributed by atoms with E-state index in [9.17, 15) is 4.57 Å². The molecule has 0 bridgehead atoms. The van der Waals surface area contributed by atoms with E-state index in [-0.39, 0.29) is 0 Å². The molecule has 0 saturated heterocycles. The van der Waals surface area contributed by atoms with Crippen molar-refractivity contribution in [3.05, 3.63) is 22.7 Å². The highest BCUT2D eigenvalue weighted by Gasteiger charge is 2.22. The van der Waals surface area contributed by atoms with Gasteiger partial charge in [0.1, 0.15) is 0 Å². The third-order valence-corrected chi connectivity index (χ3v) is 4.94. The van der Waals surface area contributed by atoms with Crippen LogP contribution in [-0.4, -0.2) is 25.9 Å². The number of nitrogen functional groups attached to an aromatic ring is 1. The molecule has 0 radical (unpaired) electrons. The Balaban J connectivity index is 2.56. The highest BCUT2D eigenvalue weighted by atomic mass is 79.9. The minimum atomic E-state index is -3.00. The Morgan fingerprint density at radius 3 is 2.53 bits per heavy atom. The van der Waals surface area contributed by atoms with Crippen molar-refractivity contribution in [2.24, 2.45) is 0 Å². The summed E-state index contributed by atoms with van der Waals surface area (Å²) in [6.07, 6.45) is 0.306. The van der Waals surface area contributed by atoms with Crippen LogP contribution in [0.4, 0.5) is 11.4 Å². The zero-order chi connectivity index (χ0) is 14.3. The first-order valence-electron chi connectivity index (χ1n) is 6.17. The van der Waals surface area contributed by atoms with Crippen molar-refractivity contribution in [1.82, 2.24) is 0 Å². The van der Waals surface area contributed by atoms with Gasteiger partial charge in [0.2, 0.25) is 0 Å². The minimum Gasteiger partial charge on any atom is -0.397 e. The van der Waals surface area contributed by atoms with Crippen LogP contribution in [0.15, 0.2) is 22.7 Å². The number of halogens is 1. The average Bonchev–Trinajstić information content (AvgIpc) is 2.34. The molecule has 1 rings (SSSR count). The zero-order valence-corrected chi connectivity index (χ0v) is 13.7. The van der Waals surface area contributed by atoms with Gasteiger partial charge in [-0.15, -0.1) is 0 Å². The number of rotatable bonds is 8. The van der Waals surface area contributed by atoms with E-state index in [4.69, 9.17) is 14.8 Å². The summed E-state index contributed by atoms with van der Waals surface area (Å²) in [4.78, 5) is 0. The van der Waals surface area contributed by atoms with Crippen molar-refractivity contribution in [3.63, 3.8) is 0 Å². The second kappa shape index (κ2) is 7.90. The standard InChI is InChI=1S/C12H20BrN2O3P/c1-3-17-19(16,18-4-2)8-7-15-12-9-10(13)5-6-11(12)14/h5-6,9,15H,3-4,7-8,14H2,1-2H3. The summed E-state index contributed by atoms with van der Waals surface area (Å²) in [5.74, 6) is 0. The Bertz CT molecular complexity index is 447. The molecular formula is C12H20BrN2O3P. The third kappa shape index (κ3) is 5.53. The first kappa shape index (κ1) is 16.5. The van der Waals surface area contributed by atoms with E-state index >= 15 is 0 Å². The summed E-state index contributed by atoms with van der Waals surface area (Å²) in [6, 6.07) is 5.55. The Labute approximate surface area is 122 Å². The van der Waals surface area contributed by atoms with Gasteiger partial charge in [0.25, 0.3) is 0 Å². The molecule has 0 unspecified atom stereocenters. The summed E-state index contributed by atoms with van der Waals surface area (Å²) in [5.41, 5.74) is 7.29. The van der Waals surface area contributed by atoms with Crippen LogP contribution in [-0.2, 0) is 13.6 Å². The first-order chi connectivity index (χ1) is 9.00. The van der Waals surface area contributed by atoms with Crippen LogP contribution in [0.25, 0.3) is 0 Å². The quantitative estimate of drug-likeness (QED) is 0.552. The first-order valence-corrected chi connectivity index (χ1v) is 8.70. The van der Waals surface area contributed by atoms with Crippen molar-refractivity contribution < 1.29 is 13.6 Å². The molecule has 1 aromatic carbocycles. The fourth-order valence-corrected chi connectivity index (χ4v) is 3.44. The molecule has 0 heterocycles. The summed E-state index contributed by atoms with van der Waals surface area (Å²) < 4.78 is 23.6. The topological polar surface area (TPSA) is 73.6 Å². The van der Waals surface area contributed by atoms with Crippen molar-refractivity contribution in [1.29, 1.82) is 0 Å². The van der Waals surface area contributed by atoms with E-state index < -0.39 is 7.60 Å². The van der Waals surface area contributed by atoms with Gasteiger partial charge in [-0.25, -0.2) is 0 Å². The molecule has 0 aromatic heterocycles. The Morgan fingerprint density at radius 2 is 1.95 bits per heavy atom. The van der Waals surface area contributed by atoms with Crippen LogP contribution in [0, 0.1) is 0 Å². The minimum absolute atomic E-state index is 0.306. The lowest BCUT2D eigenvalue weighted by Gasteiger charge is -2.17. The van der Waals surface area contributed by atoms with Gasteiger partial charge in [-0.1, -0.05) is 15.9 Å². The maximum Gasteiger partial charge on any atom is 0.332 e. The molecule has 0 aliphatic heterocycles. The van der Waals surface area contributed by atoms with E-state index in [2.05, 4.69) is 21.2 Å². The van der Waals surface area contributed by atoms with Gasteiger partial charge in [-0.2, -0.15) is 0 Å². The van der Waals surface area contributed by atoms with Crippen molar-refractivity contribution in [3.8, 4) is 0 Å². The lowest BCUT2D eigenvalue weighted by molar-refractivity contribution is 0.221. The highest BCUT2D eigenvalue weighted by molar-refractivity contribution is 9.10. The van der Waals surface area contributed by atoms with Gasteiger partial charge in [-0.05, 0) is 32.0 Å². The molecule has 108 valence electrons. The monoisotopic (exact) mass is 350 g/mol. The second-order valence-corrected chi connectivity index (χ2v) is 6.93. The number of benzene rings is 1. The second-order valence-electron chi connectivity index (χ2n) is 3.83. The number of hydrogen-bond donors (Lipinski definition) is 2. The van der Waals surface area contributed by atoms with E-state index in [0.717, 1.165) is 10.2 Å². The fourth-order valence-electron chi connectivity index (χ4n) is 1.57. The smallest absolute Gasteiger partial charge is 0.332 e. The van der Waals surface area contributed by atoms with Crippen LogP contribution in [0.5, 0.6) is 0 Å². The van der Waals surface area contributed by atoms with Gasteiger partial charge in [0.05, 0.1) is 30.8 Å². The Kier molecular flexibility index (Phi) is 6.86. The largest absolute Gasteiger partial charge is 0.397 e. The highest BCUT2D eigenvalue weighted by Crippen LogP contribution is 2.47. The summed E-state index contributed by atoms with van der Waals surface area (Å²) in [6.45, 7) is 4.81. The fraction of sp³-hybridized carbons (Fsp3) is 0.500. The number of hydrogen-bond acceptors (Lipinski definition) is 5. The van der Waals surface area contributed by atoms with Crippen molar-refractivity contribution in [2.45, 2.75) is 13.8 Å². The molecule has 3 N–H and O–H groups in total. The van der Waals surface area contributed by atoms with Gasteiger partial charge in [-0.3, -0.25) is 4.57 Å². The average molecular weight is 351 g/mol. The van der Waals surface area contributed by atoms with Gasteiger partial charge >= 0.3 is 7.60 Å². The molecule has 0 aliphatic rings. The molecule has 0 amide bonds. The predicted octanol–water partition coefficient (Wildman–Crippen LogP) is 3.71. The molecule has 5 nitrogen and oxygen atoms in total. The predicted molar refractivity (Wildman–Crippen MR) is 82.8 cm³/mol. The molecule has 1 aromatic rings. The van der Waals surface area contributed by atoms with E-state index in [0.29, 0.717) is 31.6 Å². The molecule has 7 heteroatoms. The SMILES string of the molecule is CCOP(=O)(CCNc1cc(Br)ccc1N)OCC. The molecule has 19 heavy (non-hydrogen) atoms. The van der Waals surface area contributed by atoms with Crippen LogP contribution in [0.1, 0.15) is 13.8 Å². The van der Waals surface area contributed by atoms with Gasteiger partial charge < -0.3 is 20.1 Å². The van der Waals surface area contributed by atoms with Crippen LogP contribution < -0.4 is 11.1 Å². The molecule has 0 fully saturated rings. The lowest BCUT2D eigenvalue weighted by Crippen LogP contribution is -2.11. The molecule has 0 saturated carbocycles. The molecule has 0 atom stereocenters. The third-order valence-electron chi connectivity index (χ3n) is 2.37. The summed E-state index contributed by atoms with van der Waals surface area (Å²) >= 11 is 3.38.